The smallest absolute Gasteiger partial charge is 0.215 e. The molecule has 0 aliphatic carbocycles. The first-order valence-corrected chi connectivity index (χ1v) is 9.20. The zero-order valence-electron chi connectivity index (χ0n) is 15.1. The Morgan fingerprint density at radius 1 is 1.24 bits per heavy atom. The average Bonchev–Trinajstić information content (AvgIpc) is 3.25. The number of hydrogen-bond acceptors (Lipinski definition) is 6. The fraction of sp³-hybridized carbons (Fsp3) is 0.667. The summed E-state index contributed by atoms with van der Waals surface area (Å²) in [6, 6.07) is 4.48. The molecule has 0 spiro atoms. The predicted molar refractivity (Wildman–Crippen MR) is 95.7 cm³/mol. The highest BCUT2D eigenvalue weighted by atomic mass is 16.5. The van der Waals surface area contributed by atoms with Gasteiger partial charge in [-0.1, -0.05) is 13.3 Å². The highest BCUT2D eigenvalue weighted by Crippen LogP contribution is 2.27. The van der Waals surface area contributed by atoms with Gasteiger partial charge in [0.25, 0.3) is 0 Å². The van der Waals surface area contributed by atoms with Crippen LogP contribution in [0.3, 0.4) is 0 Å². The maximum absolute atomic E-state index is 5.52. The van der Waals surface area contributed by atoms with Crippen LogP contribution in [0.1, 0.15) is 19.2 Å². The quantitative estimate of drug-likeness (QED) is 0.886. The second-order valence-corrected chi connectivity index (χ2v) is 6.99. The Morgan fingerprint density at radius 3 is 2.84 bits per heavy atom. The molecule has 0 saturated carbocycles. The molecule has 2 aliphatic heterocycles. The van der Waals surface area contributed by atoms with Crippen molar-refractivity contribution in [3.8, 4) is 5.88 Å². The van der Waals surface area contributed by atoms with Crippen LogP contribution in [0.25, 0.3) is 11.2 Å². The van der Waals surface area contributed by atoms with E-state index in [9.17, 15) is 0 Å². The molecule has 25 heavy (non-hydrogen) atoms. The summed E-state index contributed by atoms with van der Waals surface area (Å²) >= 11 is 0. The molecule has 2 unspecified atom stereocenters. The molecule has 7 nitrogen and oxygen atoms in total. The number of fused-ring (bicyclic) bond motifs is 1. The van der Waals surface area contributed by atoms with Gasteiger partial charge in [0.05, 0.1) is 32.4 Å². The van der Waals surface area contributed by atoms with Crippen LogP contribution in [0, 0.1) is 5.92 Å². The number of aromatic nitrogens is 3. The zero-order chi connectivity index (χ0) is 17.2. The second-order valence-electron chi connectivity index (χ2n) is 6.99. The summed E-state index contributed by atoms with van der Waals surface area (Å²) in [4.78, 5) is 17.6. The van der Waals surface area contributed by atoms with Gasteiger partial charge in [-0.15, -0.1) is 0 Å². The summed E-state index contributed by atoms with van der Waals surface area (Å²) in [6.07, 6.45) is 1.22. The van der Waals surface area contributed by atoms with Gasteiger partial charge in [0.1, 0.15) is 5.82 Å². The maximum atomic E-state index is 5.52. The average molecular weight is 345 g/mol. The standard InChI is InChI=1S/C18H27N5O2/c1-3-13-10-22(11-15(13)23-6-8-25-9-7-23)12-16-19-14-4-5-17(24-2)21-18(14)20-16/h4-5,13,15H,3,6-12H2,1-2H3,(H,19,20,21). The van der Waals surface area contributed by atoms with E-state index >= 15 is 0 Å². The van der Waals surface area contributed by atoms with Crippen molar-refractivity contribution >= 4 is 11.2 Å². The van der Waals surface area contributed by atoms with Crippen LogP contribution < -0.4 is 4.74 Å². The zero-order valence-corrected chi connectivity index (χ0v) is 15.1. The minimum absolute atomic E-state index is 0.602. The van der Waals surface area contributed by atoms with Crippen molar-refractivity contribution in [2.24, 2.45) is 5.92 Å². The lowest BCUT2D eigenvalue weighted by Gasteiger charge is -2.34. The Bertz CT molecular complexity index is 713. The van der Waals surface area contributed by atoms with Gasteiger partial charge in [0.2, 0.25) is 5.88 Å². The molecule has 0 radical (unpaired) electrons. The van der Waals surface area contributed by atoms with E-state index in [2.05, 4.69) is 31.7 Å². The van der Waals surface area contributed by atoms with Crippen LogP contribution in [0.5, 0.6) is 5.88 Å². The molecule has 4 heterocycles. The van der Waals surface area contributed by atoms with Gasteiger partial charge in [-0.3, -0.25) is 9.80 Å². The Hall–Kier alpha value is -1.70. The number of likely N-dealkylation sites (tertiary alicyclic amines) is 1. The molecule has 2 aromatic heterocycles. The van der Waals surface area contributed by atoms with E-state index in [4.69, 9.17) is 9.47 Å². The Morgan fingerprint density at radius 2 is 2.08 bits per heavy atom. The number of aromatic amines is 1. The third-order valence-corrected chi connectivity index (χ3v) is 5.47. The summed E-state index contributed by atoms with van der Waals surface area (Å²) in [5, 5.41) is 0. The lowest BCUT2D eigenvalue weighted by Crippen LogP contribution is -2.47. The van der Waals surface area contributed by atoms with E-state index in [0.29, 0.717) is 11.9 Å². The van der Waals surface area contributed by atoms with Gasteiger partial charge in [-0.05, 0) is 12.0 Å². The maximum Gasteiger partial charge on any atom is 0.215 e. The third-order valence-electron chi connectivity index (χ3n) is 5.47. The van der Waals surface area contributed by atoms with Crippen LogP contribution in [0.4, 0.5) is 0 Å². The SMILES string of the molecule is CCC1CN(Cc2nc3nc(OC)ccc3[nH]2)CC1N1CCOCC1. The number of ether oxygens (including phenoxy) is 2. The molecule has 0 amide bonds. The number of morpholine rings is 1. The van der Waals surface area contributed by atoms with Crippen molar-refractivity contribution < 1.29 is 9.47 Å². The number of rotatable bonds is 5. The van der Waals surface area contributed by atoms with Crippen LogP contribution in [0.2, 0.25) is 0 Å². The largest absolute Gasteiger partial charge is 0.481 e. The van der Waals surface area contributed by atoms with Crippen LogP contribution in [-0.4, -0.2) is 77.3 Å². The number of nitrogens with zero attached hydrogens (tertiary/aromatic N) is 4. The molecule has 0 aromatic carbocycles. The third kappa shape index (κ3) is 3.49. The lowest BCUT2D eigenvalue weighted by molar-refractivity contribution is 0.0101. The fourth-order valence-corrected chi connectivity index (χ4v) is 4.12. The monoisotopic (exact) mass is 345 g/mol. The van der Waals surface area contributed by atoms with Crippen molar-refractivity contribution in [1.82, 2.24) is 24.8 Å². The molecular weight excluding hydrogens is 318 g/mol. The first-order valence-electron chi connectivity index (χ1n) is 9.20. The van der Waals surface area contributed by atoms with Gasteiger partial charge >= 0.3 is 0 Å². The normalized spacial score (nSPS) is 25.7. The van der Waals surface area contributed by atoms with Gasteiger partial charge in [-0.2, -0.15) is 4.98 Å². The first kappa shape index (κ1) is 16.8. The summed E-state index contributed by atoms with van der Waals surface area (Å²) in [5.41, 5.74) is 1.69. The van der Waals surface area contributed by atoms with Gasteiger partial charge in [0.15, 0.2) is 5.65 Å². The molecule has 0 bridgehead atoms. The molecule has 2 fully saturated rings. The molecule has 2 atom stereocenters. The molecule has 1 N–H and O–H groups in total. The van der Waals surface area contributed by atoms with Crippen LogP contribution >= 0.6 is 0 Å². The number of methoxy groups -OCH3 is 1. The molecule has 2 aliphatic rings. The van der Waals surface area contributed by atoms with Crippen molar-refractivity contribution in [3.63, 3.8) is 0 Å². The van der Waals surface area contributed by atoms with Gasteiger partial charge in [0, 0.05) is 38.3 Å². The van der Waals surface area contributed by atoms with E-state index in [-0.39, 0.29) is 0 Å². The Labute approximate surface area is 148 Å². The minimum Gasteiger partial charge on any atom is -0.481 e. The number of H-pyrrole nitrogens is 1. The fourth-order valence-electron chi connectivity index (χ4n) is 4.12. The molecule has 4 rings (SSSR count). The highest BCUT2D eigenvalue weighted by molar-refractivity contribution is 5.71. The highest BCUT2D eigenvalue weighted by Gasteiger charge is 2.36. The van der Waals surface area contributed by atoms with Crippen molar-refractivity contribution in [3.05, 3.63) is 18.0 Å². The van der Waals surface area contributed by atoms with E-state index in [1.54, 1.807) is 7.11 Å². The molecule has 7 heteroatoms. The minimum atomic E-state index is 0.602. The van der Waals surface area contributed by atoms with Crippen LogP contribution in [0.15, 0.2) is 12.1 Å². The summed E-state index contributed by atoms with van der Waals surface area (Å²) < 4.78 is 10.7. The molecular formula is C18H27N5O2. The number of hydrogen-bond donors (Lipinski definition) is 1. The molecule has 2 aromatic rings. The van der Waals surface area contributed by atoms with Crippen molar-refractivity contribution in [2.45, 2.75) is 25.9 Å². The van der Waals surface area contributed by atoms with E-state index < -0.39 is 0 Å². The lowest BCUT2D eigenvalue weighted by atomic mass is 9.99. The summed E-state index contributed by atoms with van der Waals surface area (Å²) in [6.45, 7) is 9.23. The summed E-state index contributed by atoms with van der Waals surface area (Å²) in [7, 11) is 1.63. The van der Waals surface area contributed by atoms with Crippen molar-refractivity contribution in [2.75, 3.05) is 46.5 Å². The predicted octanol–water partition coefficient (Wildman–Crippen LogP) is 1.51. The second kappa shape index (κ2) is 7.27. The Balaban J connectivity index is 1.45. The molecule has 2 saturated heterocycles. The Kier molecular flexibility index (Phi) is 4.87. The van der Waals surface area contributed by atoms with E-state index in [0.717, 1.165) is 68.8 Å². The molecule has 136 valence electrons. The van der Waals surface area contributed by atoms with Crippen LogP contribution in [-0.2, 0) is 11.3 Å². The van der Waals surface area contributed by atoms with E-state index in [1.165, 1.54) is 6.42 Å². The van der Waals surface area contributed by atoms with Gasteiger partial charge < -0.3 is 14.5 Å². The number of nitrogens with one attached hydrogen (secondary N) is 1. The van der Waals surface area contributed by atoms with Gasteiger partial charge in [-0.25, -0.2) is 4.98 Å². The first-order chi connectivity index (χ1) is 12.3. The van der Waals surface area contributed by atoms with E-state index in [1.807, 2.05) is 12.1 Å². The number of imidazole rings is 1. The summed E-state index contributed by atoms with van der Waals surface area (Å²) in [5.74, 6) is 2.30. The number of pyridine rings is 1. The topological polar surface area (TPSA) is 66.5 Å². The van der Waals surface area contributed by atoms with Crippen molar-refractivity contribution in [1.29, 1.82) is 0 Å².